The molecule has 0 spiro atoms. The zero-order valence-corrected chi connectivity index (χ0v) is 11.6. The normalized spacial score (nSPS) is 10.8. The molecule has 94 valence electrons. The lowest BCUT2D eigenvalue weighted by atomic mass is 10.2. The first-order valence-corrected chi connectivity index (χ1v) is 7.00. The summed E-state index contributed by atoms with van der Waals surface area (Å²) in [5.41, 5.74) is 7.40. The molecule has 1 heterocycles. The fraction of sp³-hybridized carbons (Fsp3) is 0. The Kier molecular flexibility index (Phi) is 3.32. The maximum Gasteiger partial charge on any atom is 0.0733 e. The first-order valence-electron chi connectivity index (χ1n) is 5.81. The molecule has 19 heavy (non-hydrogen) atoms. The van der Waals surface area contributed by atoms with Gasteiger partial charge in [0.15, 0.2) is 0 Å². The molecule has 2 nitrogen and oxygen atoms in total. The molecule has 0 saturated heterocycles. The molecule has 0 amide bonds. The lowest BCUT2D eigenvalue weighted by molar-refractivity contribution is 1.34. The Morgan fingerprint density at radius 3 is 2.68 bits per heavy atom. The maximum absolute atomic E-state index is 6.19. The Balaban J connectivity index is 2.09. The number of hydrogen-bond donors (Lipinski definition) is 1. The number of nitrogens with two attached hydrogens (primary N) is 1. The highest BCUT2D eigenvalue weighted by molar-refractivity contribution is 7.99. The SMILES string of the molecule is Nc1ccc2c(Sc3ccccc3Cl)ccnc2c1. The molecule has 1 aromatic heterocycles. The van der Waals surface area contributed by atoms with E-state index in [1.165, 1.54) is 0 Å². The van der Waals surface area contributed by atoms with Crippen LogP contribution < -0.4 is 5.73 Å². The smallest absolute Gasteiger partial charge is 0.0733 e. The zero-order chi connectivity index (χ0) is 13.2. The molecule has 0 bridgehead atoms. The summed E-state index contributed by atoms with van der Waals surface area (Å²) in [6.07, 6.45) is 1.79. The van der Waals surface area contributed by atoms with E-state index in [0.717, 1.165) is 31.4 Å². The summed E-state index contributed by atoms with van der Waals surface area (Å²) in [4.78, 5) is 6.50. The van der Waals surface area contributed by atoms with Gasteiger partial charge in [-0.2, -0.15) is 0 Å². The average Bonchev–Trinajstić information content (AvgIpc) is 2.41. The second kappa shape index (κ2) is 5.11. The largest absolute Gasteiger partial charge is 0.399 e. The Morgan fingerprint density at radius 1 is 1.00 bits per heavy atom. The first-order chi connectivity index (χ1) is 9.24. The van der Waals surface area contributed by atoms with Crippen molar-refractivity contribution >= 4 is 40.0 Å². The highest BCUT2D eigenvalue weighted by Gasteiger charge is 2.06. The van der Waals surface area contributed by atoms with Crippen molar-refractivity contribution in [2.75, 3.05) is 5.73 Å². The molecular formula is C15H11ClN2S. The number of pyridine rings is 1. The predicted molar refractivity (Wildman–Crippen MR) is 81.7 cm³/mol. The molecule has 2 N–H and O–H groups in total. The molecule has 0 radical (unpaired) electrons. The Labute approximate surface area is 120 Å². The minimum absolute atomic E-state index is 0.722. The van der Waals surface area contributed by atoms with Gasteiger partial charge >= 0.3 is 0 Å². The van der Waals surface area contributed by atoms with E-state index in [4.69, 9.17) is 17.3 Å². The van der Waals surface area contributed by atoms with E-state index in [9.17, 15) is 0 Å². The van der Waals surface area contributed by atoms with Crippen molar-refractivity contribution in [2.45, 2.75) is 9.79 Å². The Morgan fingerprint density at radius 2 is 1.84 bits per heavy atom. The van der Waals surface area contributed by atoms with Gasteiger partial charge in [0.05, 0.1) is 10.5 Å². The summed E-state index contributed by atoms with van der Waals surface area (Å²) in [6.45, 7) is 0. The molecule has 4 heteroatoms. The van der Waals surface area contributed by atoms with Gasteiger partial charge in [-0.3, -0.25) is 4.98 Å². The van der Waals surface area contributed by atoms with Crippen LogP contribution in [0.4, 0.5) is 5.69 Å². The van der Waals surface area contributed by atoms with Crippen molar-refractivity contribution in [3.05, 3.63) is 59.8 Å². The van der Waals surface area contributed by atoms with Crippen molar-refractivity contribution in [3.8, 4) is 0 Å². The van der Waals surface area contributed by atoms with E-state index >= 15 is 0 Å². The maximum atomic E-state index is 6.19. The predicted octanol–water partition coefficient (Wildman–Crippen LogP) is 4.62. The molecule has 3 rings (SSSR count). The van der Waals surface area contributed by atoms with Gasteiger partial charge in [0.2, 0.25) is 0 Å². The summed E-state index contributed by atoms with van der Waals surface area (Å²) in [7, 11) is 0. The number of benzene rings is 2. The van der Waals surface area contributed by atoms with Gasteiger partial charge in [0.1, 0.15) is 0 Å². The molecule has 3 aromatic rings. The average molecular weight is 287 g/mol. The Bertz CT molecular complexity index is 743. The third-order valence-electron chi connectivity index (χ3n) is 2.78. The fourth-order valence-electron chi connectivity index (χ4n) is 1.87. The lowest BCUT2D eigenvalue weighted by Crippen LogP contribution is -1.87. The third-order valence-corrected chi connectivity index (χ3v) is 4.38. The van der Waals surface area contributed by atoms with Crippen LogP contribution in [0.1, 0.15) is 0 Å². The van der Waals surface area contributed by atoms with Crippen LogP contribution in [0.3, 0.4) is 0 Å². The molecule has 0 aliphatic heterocycles. The number of aromatic nitrogens is 1. The van der Waals surface area contributed by atoms with Gasteiger partial charge < -0.3 is 5.73 Å². The molecule has 0 fully saturated rings. The minimum Gasteiger partial charge on any atom is -0.399 e. The summed E-state index contributed by atoms with van der Waals surface area (Å²) in [5, 5.41) is 1.84. The second-order valence-corrected chi connectivity index (χ2v) is 5.61. The molecule has 0 atom stereocenters. The van der Waals surface area contributed by atoms with Crippen LogP contribution in [-0.4, -0.2) is 4.98 Å². The van der Waals surface area contributed by atoms with Crippen LogP contribution in [0.2, 0.25) is 5.02 Å². The number of fused-ring (bicyclic) bond motifs is 1. The minimum atomic E-state index is 0.722. The summed E-state index contributed by atoms with van der Waals surface area (Å²) in [6, 6.07) is 15.6. The van der Waals surface area contributed by atoms with E-state index in [0.29, 0.717) is 0 Å². The molecule has 0 aliphatic rings. The number of halogens is 1. The van der Waals surface area contributed by atoms with E-state index in [1.807, 2.05) is 48.5 Å². The number of nitrogens with zero attached hydrogens (tertiary/aromatic N) is 1. The third kappa shape index (κ3) is 2.53. The Hall–Kier alpha value is -1.71. The van der Waals surface area contributed by atoms with E-state index < -0.39 is 0 Å². The number of nitrogen functional groups attached to an aromatic ring is 1. The van der Waals surface area contributed by atoms with Crippen molar-refractivity contribution in [1.29, 1.82) is 0 Å². The van der Waals surface area contributed by atoms with Crippen LogP contribution in [0.25, 0.3) is 10.9 Å². The van der Waals surface area contributed by atoms with Gasteiger partial charge in [-0.1, -0.05) is 35.5 Å². The molecular weight excluding hydrogens is 276 g/mol. The number of anilines is 1. The van der Waals surface area contributed by atoms with Gasteiger partial charge in [0.25, 0.3) is 0 Å². The van der Waals surface area contributed by atoms with Gasteiger partial charge in [-0.15, -0.1) is 0 Å². The van der Waals surface area contributed by atoms with E-state index in [1.54, 1.807) is 18.0 Å². The van der Waals surface area contributed by atoms with E-state index in [-0.39, 0.29) is 0 Å². The zero-order valence-electron chi connectivity index (χ0n) is 10.0. The van der Waals surface area contributed by atoms with Crippen LogP contribution in [0, 0.1) is 0 Å². The first kappa shape index (κ1) is 12.3. The van der Waals surface area contributed by atoms with Crippen molar-refractivity contribution in [2.24, 2.45) is 0 Å². The van der Waals surface area contributed by atoms with Crippen LogP contribution in [0.5, 0.6) is 0 Å². The van der Waals surface area contributed by atoms with Crippen molar-refractivity contribution < 1.29 is 0 Å². The molecule has 2 aromatic carbocycles. The molecule has 0 aliphatic carbocycles. The van der Waals surface area contributed by atoms with Crippen LogP contribution in [-0.2, 0) is 0 Å². The van der Waals surface area contributed by atoms with Crippen LogP contribution >= 0.6 is 23.4 Å². The van der Waals surface area contributed by atoms with E-state index in [2.05, 4.69) is 4.98 Å². The van der Waals surface area contributed by atoms with Crippen molar-refractivity contribution in [1.82, 2.24) is 4.98 Å². The topological polar surface area (TPSA) is 38.9 Å². The number of hydrogen-bond acceptors (Lipinski definition) is 3. The van der Waals surface area contributed by atoms with Crippen molar-refractivity contribution in [3.63, 3.8) is 0 Å². The quantitative estimate of drug-likeness (QED) is 0.699. The van der Waals surface area contributed by atoms with Gasteiger partial charge in [-0.05, 0) is 36.4 Å². The second-order valence-electron chi connectivity index (χ2n) is 4.12. The lowest BCUT2D eigenvalue weighted by Gasteiger charge is -2.07. The van der Waals surface area contributed by atoms with Gasteiger partial charge in [-0.25, -0.2) is 0 Å². The van der Waals surface area contributed by atoms with Gasteiger partial charge in [0, 0.05) is 27.1 Å². The van der Waals surface area contributed by atoms with Crippen LogP contribution in [0.15, 0.2) is 64.5 Å². The fourth-order valence-corrected chi connectivity index (χ4v) is 3.09. The molecule has 0 unspecified atom stereocenters. The number of rotatable bonds is 2. The molecule has 0 saturated carbocycles. The highest BCUT2D eigenvalue weighted by atomic mass is 35.5. The highest BCUT2D eigenvalue weighted by Crippen LogP contribution is 2.36. The monoisotopic (exact) mass is 286 g/mol. The summed E-state index contributed by atoms with van der Waals surface area (Å²) < 4.78 is 0. The summed E-state index contributed by atoms with van der Waals surface area (Å²) >= 11 is 7.83. The summed E-state index contributed by atoms with van der Waals surface area (Å²) in [5.74, 6) is 0. The standard InChI is InChI=1S/C15H11ClN2S/c16-12-3-1-2-4-15(12)19-14-7-8-18-13-9-10(17)5-6-11(13)14/h1-9H,17H2.